The third kappa shape index (κ3) is 3.04. The van der Waals surface area contributed by atoms with Gasteiger partial charge in [0.2, 0.25) is 0 Å². The Hall–Kier alpha value is -3.19. The molecule has 3 aromatic heterocycles. The minimum atomic E-state index is 0.299. The quantitative estimate of drug-likeness (QED) is 0.600. The largest absolute Gasteiger partial charge is 0.508 e. The summed E-state index contributed by atoms with van der Waals surface area (Å²) in [5.41, 5.74) is 3.68. The minimum absolute atomic E-state index is 0.299. The van der Waals surface area contributed by atoms with Crippen molar-refractivity contribution >= 4 is 5.65 Å². The second-order valence-electron chi connectivity index (χ2n) is 6.51. The van der Waals surface area contributed by atoms with Crippen molar-refractivity contribution in [1.82, 2.24) is 29.0 Å². The van der Waals surface area contributed by atoms with Crippen LogP contribution in [0.3, 0.4) is 0 Å². The molecule has 4 aromatic rings. The van der Waals surface area contributed by atoms with Gasteiger partial charge in [0, 0.05) is 30.1 Å². The zero-order valence-corrected chi connectivity index (χ0v) is 14.7. The molecule has 7 heteroatoms. The molecule has 0 saturated carbocycles. The van der Waals surface area contributed by atoms with E-state index in [1.54, 1.807) is 18.6 Å². The van der Waals surface area contributed by atoms with E-state index in [4.69, 9.17) is 0 Å². The Kier molecular flexibility index (Phi) is 4.14. The van der Waals surface area contributed by atoms with Crippen molar-refractivity contribution in [3.8, 4) is 17.1 Å². The van der Waals surface area contributed by atoms with Crippen molar-refractivity contribution in [2.24, 2.45) is 0 Å². The van der Waals surface area contributed by atoms with Gasteiger partial charge in [0.05, 0.1) is 12.2 Å². The van der Waals surface area contributed by atoms with Gasteiger partial charge in [-0.2, -0.15) is 5.10 Å². The molecule has 1 aromatic carbocycles. The van der Waals surface area contributed by atoms with E-state index in [1.165, 1.54) is 0 Å². The summed E-state index contributed by atoms with van der Waals surface area (Å²) in [6, 6.07) is 11.5. The normalized spacial score (nSPS) is 11.5. The molecule has 3 heterocycles. The molecule has 0 aliphatic carbocycles. The fraction of sp³-hybridized carbons (Fsp3) is 0.211. The summed E-state index contributed by atoms with van der Waals surface area (Å²) >= 11 is 0. The van der Waals surface area contributed by atoms with Crippen LogP contribution in [0.4, 0.5) is 0 Å². The SMILES string of the molecule is CN(C)Cc1cc(-c2nccn2Cc2cccc3ncnn23)ccc1O. The maximum Gasteiger partial charge on any atom is 0.155 e. The molecular weight excluding hydrogens is 328 g/mol. The fourth-order valence-corrected chi connectivity index (χ4v) is 3.08. The van der Waals surface area contributed by atoms with E-state index in [0.717, 1.165) is 28.3 Å². The molecule has 132 valence electrons. The van der Waals surface area contributed by atoms with Crippen LogP contribution >= 0.6 is 0 Å². The van der Waals surface area contributed by atoms with E-state index in [9.17, 15) is 5.11 Å². The van der Waals surface area contributed by atoms with Crippen LogP contribution in [0.5, 0.6) is 5.75 Å². The zero-order valence-electron chi connectivity index (χ0n) is 14.7. The molecule has 0 unspecified atom stereocenters. The first-order valence-electron chi connectivity index (χ1n) is 8.37. The molecule has 0 bridgehead atoms. The number of fused-ring (bicyclic) bond motifs is 1. The lowest BCUT2D eigenvalue weighted by molar-refractivity contribution is 0.386. The van der Waals surface area contributed by atoms with Gasteiger partial charge in [-0.25, -0.2) is 14.5 Å². The first-order valence-corrected chi connectivity index (χ1v) is 8.37. The number of pyridine rings is 1. The lowest BCUT2D eigenvalue weighted by Gasteiger charge is -2.14. The highest BCUT2D eigenvalue weighted by Crippen LogP contribution is 2.26. The summed E-state index contributed by atoms with van der Waals surface area (Å²) < 4.78 is 3.90. The summed E-state index contributed by atoms with van der Waals surface area (Å²) in [7, 11) is 3.96. The fourth-order valence-electron chi connectivity index (χ4n) is 3.08. The molecule has 0 amide bonds. The van der Waals surface area contributed by atoms with E-state index in [1.807, 2.05) is 60.0 Å². The Balaban J connectivity index is 1.70. The Bertz CT molecular complexity index is 1050. The van der Waals surface area contributed by atoms with Crippen LogP contribution in [-0.2, 0) is 13.1 Å². The number of phenols is 1. The highest BCUT2D eigenvalue weighted by Gasteiger charge is 2.12. The zero-order chi connectivity index (χ0) is 18.1. The molecule has 4 rings (SSSR count). The number of hydrogen-bond donors (Lipinski definition) is 1. The molecule has 0 radical (unpaired) electrons. The van der Waals surface area contributed by atoms with Crippen LogP contribution in [0, 0.1) is 0 Å². The first kappa shape index (κ1) is 16.3. The van der Waals surface area contributed by atoms with Crippen molar-refractivity contribution < 1.29 is 5.11 Å². The number of imidazole rings is 1. The highest BCUT2D eigenvalue weighted by molar-refractivity contribution is 5.59. The third-order valence-corrected chi connectivity index (χ3v) is 4.25. The highest BCUT2D eigenvalue weighted by atomic mass is 16.3. The number of benzene rings is 1. The van der Waals surface area contributed by atoms with E-state index in [2.05, 4.69) is 19.6 Å². The van der Waals surface area contributed by atoms with Gasteiger partial charge >= 0.3 is 0 Å². The average molecular weight is 348 g/mol. The summed E-state index contributed by atoms with van der Waals surface area (Å²) in [5, 5.41) is 14.4. The molecule has 0 saturated heterocycles. The van der Waals surface area contributed by atoms with Gasteiger partial charge in [-0.3, -0.25) is 0 Å². The lowest BCUT2D eigenvalue weighted by atomic mass is 10.1. The number of aromatic nitrogens is 5. The van der Waals surface area contributed by atoms with Gasteiger partial charge in [0.1, 0.15) is 17.9 Å². The second kappa shape index (κ2) is 6.61. The van der Waals surface area contributed by atoms with E-state index >= 15 is 0 Å². The Labute approximate surface area is 151 Å². The maximum atomic E-state index is 10.1. The molecule has 0 spiro atoms. The average Bonchev–Trinajstić information content (AvgIpc) is 3.26. The number of phenolic OH excluding ortho intramolecular Hbond substituents is 1. The summed E-state index contributed by atoms with van der Waals surface area (Å²) in [5.74, 6) is 1.15. The second-order valence-corrected chi connectivity index (χ2v) is 6.51. The number of aromatic hydroxyl groups is 1. The first-order chi connectivity index (χ1) is 12.6. The summed E-state index contributed by atoms with van der Waals surface area (Å²) in [6.07, 6.45) is 5.29. The summed E-state index contributed by atoms with van der Waals surface area (Å²) in [4.78, 5) is 10.8. The standard InChI is InChI=1S/C19H20N6O/c1-23(2)11-15-10-14(6-7-17(15)26)19-20-8-9-24(19)12-16-4-3-5-18-21-13-22-25(16)18/h3-10,13,26H,11-12H2,1-2H3. The molecular formula is C19H20N6O. The third-order valence-electron chi connectivity index (χ3n) is 4.25. The van der Waals surface area contributed by atoms with Crippen LogP contribution in [0.15, 0.2) is 55.1 Å². The predicted molar refractivity (Wildman–Crippen MR) is 98.8 cm³/mol. The van der Waals surface area contributed by atoms with Crippen LogP contribution < -0.4 is 0 Å². The molecule has 26 heavy (non-hydrogen) atoms. The van der Waals surface area contributed by atoms with Crippen LogP contribution in [0.25, 0.3) is 17.0 Å². The van der Waals surface area contributed by atoms with Crippen molar-refractivity contribution in [3.63, 3.8) is 0 Å². The summed E-state index contributed by atoms with van der Waals surface area (Å²) in [6.45, 7) is 1.29. The van der Waals surface area contributed by atoms with Crippen molar-refractivity contribution in [3.05, 3.63) is 66.4 Å². The Morgan fingerprint density at radius 2 is 2.00 bits per heavy atom. The van der Waals surface area contributed by atoms with Gasteiger partial charge in [0.25, 0.3) is 0 Å². The Morgan fingerprint density at radius 3 is 2.85 bits per heavy atom. The van der Waals surface area contributed by atoms with Gasteiger partial charge < -0.3 is 14.6 Å². The molecule has 0 fully saturated rings. The van der Waals surface area contributed by atoms with Crippen molar-refractivity contribution in [1.29, 1.82) is 0 Å². The lowest BCUT2D eigenvalue weighted by Crippen LogP contribution is -2.11. The van der Waals surface area contributed by atoms with Gasteiger partial charge in [0.15, 0.2) is 5.65 Å². The van der Waals surface area contributed by atoms with E-state index < -0.39 is 0 Å². The molecule has 0 aliphatic heterocycles. The molecule has 0 atom stereocenters. The van der Waals surface area contributed by atoms with Gasteiger partial charge in [-0.1, -0.05) is 6.07 Å². The van der Waals surface area contributed by atoms with E-state index in [-0.39, 0.29) is 0 Å². The van der Waals surface area contributed by atoms with Crippen molar-refractivity contribution in [2.75, 3.05) is 14.1 Å². The van der Waals surface area contributed by atoms with Gasteiger partial charge in [-0.15, -0.1) is 0 Å². The maximum absolute atomic E-state index is 10.1. The van der Waals surface area contributed by atoms with Crippen LogP contribution in [-0.4, -0.2) is 48.3 Å². The smallest absolute Gasteiger partial charge is 0.155 e. The van der Waals surface area contributed by atoms with Crippen molar-refractivity contribution in [2.45, 2.75) is 13.1 Å². The monoisotopic (exact) mass is 348 g/mol. The minimum Gasteiger partial charge on any atom is -0.508 e. The van der Waals surface area contributed by atoms with Crippen LogP contribution in [0.2, 0.25) is 0 Å². The number of hydrogen-bond acceptors (Lipinski definition) is 5. The number of rotatable bonds is 5. The van der Waals surface area contributed by atoms with Gasteiger partial charge in [-0.05, 0) is 44.4 Å². The number of nitrogens with zero attached hydrogens (tertiary/aromatic N) is 6. The van der Waals surface area contributed by atoms with Crippen LogP contribution in [0.1, 0.15) is 11.3 Å². The predicted octanol–water partition coefficient (Wildman–Crippen LogP) is 2.41. The van der Waals surface area contributed by atoms with E-state index in [0.29, 0.717) is 18.8 Å². The topological polar surface area (TPSA) is 71.5 Å². The molecule has 0 aliphatic rings. The Morgan fingerprint density at radius 1 is 1.12 bits per heavy atom. The molecule has 1 N–H and O–H groups in total. The molecule has 7 nitrogen and oxygen atoms in total.